The molecule has 2 nitrogen and oxygen atoms in total. The molecule has 0 aromatic rings. The van der Waals surface area contributed by atoms with Gasteiger partial charge in [-0.05, 0) is 30.6 Å². The molecule has 0 amide bonds. The average Bonchev–Trinajstić information content (AvgIpc) is 2.45. The van der Waals surface area contributed by atoms with Gasteiger partial charge >= 0.3 is 0 Å². The molecule has 2 heteroatoms. The van der Waals surface area contributed by atoms with Gasteiger partial charge in [-0.1, -0.05) is 47.5 Å². The summed E-state index contributed by atoms with van der Waals surface area (Å²) in [6, 6.07) is 0. The monoisotopic (exact) mass is 282 g/mol. The van der Waals surface area contributed by atoms with Gasteiger partial charge in [-0.3, -0.25) is 0 Å². The third kappa shape index (κ3) is 6.58. The van der Waals surface area contributed by atoms with Crippen molar-refractivity contribution in [2.24, 2.45) is 17.8 Å². The highest BCUT2D eigenvalue weighted by Crippen LogP contribution is 2.28. The zero-order chi connectivity index (χ0) is 15.0. The second kappa shape index (κ2) is 9.78. The fourth-order valence-corrected chi connectivity index (χ4v) is 3.55. The number of nitrogens with zero attached hydrogens (tertiary/aromatic N) is 2. The first-order valence-corrected chi connectivity index (χ1v) is 9.08. The molecule has 0 atom stereocenters. The summed E-state index contributed by atoms with van der Waals surface area (Å²) in [6.45, 7) is 18.9. The Morgan fingerprint density at radius 3 is 1.85 bits per heavy atom. The van der Waals surface area contributed by atoms with Crippen molar-refractivity contribution in [3.05, 3.63) is 0 Å². The number of hydrogen-bond acceptors (Lipinski definition) is 2. The van der Waals surface area contributed by atoms with Crippen molar-refractivity contribution < 1.29 is 0 Å². The van der Waals surface area contributed by atoms with Crippen molar-refractivity contribution in [3.63, 3.8) is 0 Å². The summed E-state index contributed by atoms with van der Waals surface area (Å²) in [4.78, 5) is 5.36. The Morgan fingerprint density at radius 1 is 0.850 bits per heavy atom. The van der Waals surface area contributed by atoms with E-state index in [1.165, 1.54) is 65.0 Å². The molecule has 1 heterocycles. The Morgan fingerprint density at radius 2 is 1.35 bits per heavy atom. The molecule has 0 aromatic heterocycles. The lowest BCUT2D eigenvalue weighted by molar-refractivity contribution is 0.0986. The smallest absolute Gasteiger partial charge is 0.0110 e. The van der Waals surface area contributed by atoms with Gasteiger partial charge < -0.3 is 9.80 Å². The zero-order valence-electron chi connectivity index (χ0n) is 14.7. The first-order valence-electron chi connectivity index (χ1n) is 9.08. The molecular formula is C18H38N2. The van der Waals surface area contributed by atoms with Crippen LogP contribution in [0.5, 0.6) is 0 Å². The molecule has 0 bridgehead atoms. The lowest BCUT2D eigenvalue weighted by Crippen LogP contribution is -2.48. The third-order valence-corrected chi connectivity index (χ3v) is 4.74. The average molecular weight is 283 g/mol. The van der Waals surface area contributed by atoms with Gasteiger partial charge in [-0.2, -0.15) is 0 Å². The van der Waals surface area contributed by atoms with Crippen LogP contribution in [0.1, 0.15) is 60.3 Å². The largest absolute Gasteiger partial charge is 0.301 e. The molecule has 120 valence electrons. The van der Waals surface area contributed by atoms with Crippen LogP contribution < -0.4 is 0 Å². The molecule has 0 unspecified atom stereocenters. The van der Waals surface area contributed by atoms with E-state index in [1.54, 1.807) is 0 Å². The molecule has 1 saturated heterocycles. The minimum absolute atomic E-state index is 0.816. The van der Waals surface area contributed by atoms with Crippen LogP contribution in [0.3, 0.4) is 0 Å². The van der Waals surface area contributed by atoms with Gasteiger partial charge in [0.05, 0.1) is 0 Å². The fraction of sp³-hybridized carbons (Fsp3) is 1.00. The van der Waals surface area contributed by atoms with E-state index in [0.29, 0.717) is 0 Å². The van der Waals surface area contributed by atoms with E-state index in [9.17, 15) is 0 Å². The molecule has 1 aliphatic heterocycles. The van der Waals surface area contributed by atoms with Gasteiger partial charge in [0.15, 0.2) is 0 Å². The minimum Gasteiger partial charge on any atom is -0.301 e. The molecule has 20 heavy (non-hydrogen) atoms. The van der Waals surface area contributed by atoms with Crippen LogP contribution in [-0.2, 0) is 0 Å². The molecule has 1 saturated carbocycles. The van der Waals surface area contributed by atoms with Gasteiger partial charge in [0, 0.05) is 39.3 Å². The lowest BCUT2D eigenvalue weighted by Gasteiger charge is -2.38. The second-order valence-corrected chi connectivity index (χ2v) is 7.12. The van der Waals surface area contributed by atoms with Crippen LogP contribution >= 0.6 is 0 Å². The van der Waals surface area contributed by atoms with Crippen molar-refractivity contribution in [2.75, 3.05) is 39.3 Å². The summed E-state index contributed by atoms with van der Waals surface area (Å²) < 4.78 is 0. The maximum Gasteiger partial charge on any atom is 0.0110 e. The van der Waals surface area contributed by atoms with Crippen molar-refractivity contribution in [1.29, 1.82) is 0 Å². The van der Waals surface area contributed by atoms with E-state index in [1.807, 2.05) is 13.8 Å². The molecule has 0 aromatic carbocycles. The van der Waals surface area contributed by atoms with Gasteiger partial charge in [-0.25, -0.2) is 0 Å². The predicted octanol–water partition coefficient (Wildman–Crippen LogP) is 4.11. The highest BCUT2D eigenvalue weighted by Gasteiger charge is 2.23. The van der Waals surface area contributed by atoms with Crippen LogP contribution in [0.25, 0.3) is 0 Å². The van der Waals surface area contributed by atoms with Gasteiger partial charge in [0.2, 0.25) is 0 Å². The summed E-state index contributed by atoms with van der Waals surface area (Å²) in [5.41, 5.74) is 0. The molecule has 0 radical (unpaired) electrons. The lowest BCUT2D eigenvalue weighted by atomic mass is 9.83. The van der Waals surface area contributed by atoms with Crippen LogP contribution in [0.4, 0.5) is 0 Å². The Kier molecular flexibility index (Phi) is 8.79. The quantitative estimate of drug-likeness (QED) is 0.765. The first kappa shape index (κ1) is 18.0. The number of piperazine rings is 1. The van der Waals surface area contributed by atoms with Gasteiger partial charge in [0.1, 0.15) is 0 Å². The topological polar surface area (TPSA) is 6.48 Å². The number of rotatable bonds is 4. The fourth-order valence-electron chi connectivity index (χ4n) is 3.55. The van der Waals surface area contributed by atoms with E-state index < -0.39 is 0 Å². The predicted molar refractivity (Wildman–Crippen MR) is 90.2 cm³/mol. The normalized spacial score (nSPS) is 29.1. The van der Waals surface area contributed by atoms with Crippen molar-refractivity contribution in [3.8, 4) is 0 Å². The second-order valence-electron chi connectivity index (χ2n) is 7.12. The van der Waals surface area contributed by atoms with Gasteiger partial charge in [-0.15, -0.1) is 0 Å². The standard InChI is InChI=1S/C16H32N2.C2H6/c1-14(2)12-17-8-10-18(11-9-17)13-16-6-4-15(3)5-7-16;1-2/h14-16H,4-13H2,1-3H3;1-2H3. The first-order chi connectivity index (χ1) is 9.63. The zero-order valence-corrected chi connectivity index (χ0v) is 14.7. The summed E-state index contributed by atoms with van der Waals surface area (Å²) in [5, 5.41) is 0. The SMILES string of the molecule is CC.CC(C)CN1CCN(CC2CCC(C)CC2)CC1. The molecule has 1 aliphatic carbocycles. The van der Waals surface area contributed by atoms with Gasteiger partial charge in [0.25, 0.3) is 0 Å². The Bertz CT molecular complexity index is 224. The third-order valence-electron chi connectivity index (χ3n) is 4.74. The Hall–Kier alpha value is -0.0800. The van der Waals surface area contributed by atoms with Crippen molar-refractivity contribution in [1.82, 2.24) is 9.80 Å². The summed E-state index contributed by atoms with van der Waals surface area (Å²) in [5.74, 6) is 2.80. The molecule has 2 rings (SSSR count). The van der Waals surface area contributed by atoms with E-state index in [-0.39, 0.29) is 0 Å². The maximum atomic E-state index is 2.72. The van der Waals surface area contributed by atoms with E-state index >= 15 is 0 Å². The van der Waals surface area contributed by atoms with E-state index in [0.717, 1.165) is 17.8 Å². The van der Waals surface area contributed by atoms with Crippen molar-refractivity contribution in [2.45, 2.75) is 60.3 Å². The van der Waals surface area contributed by atoms with Crippen LogP contribution in [0.15, 0.2) is 0 Å². The van der Waals surface area contributed by atoms with Crippen LogP contribution in [0.2, 0.25) is 0 Å². The van der Waals surface area contributed by atoms with Crippen LogP contribution in [-0.4, -0.2) is 49.1 Å². The molecule has 2 fully saturated rings. The Labute approximate surface area is 127 Å². The Balaban J connectivity index is 0.000000956. The van der Waals surface area contributed by atoms with Crippen molar-refractivity contribution >= 4 is 0 Å². The highest BCUT2D eigenvalue weighted by molar-refractivity contribution is 4.77. The molecule has 0 spiro atoms. The molecule has 2 aliphatic rings. The summed E-state index contributed by atoms with van der Waals surface area (Å²) in [6.07, 6.45) is 5.90. The van der Waals surface area contributed by atoms with E-state index in [4.69, 9.17) is 0 Å². The molecule has 0 N–H and O–H groups in total. The van der Waals surface area contributed by atoms with E-state index in [2.05, 4.69) is 30.6 Å². The summed E-state index contributed by atoms with van der Waals surface area (Å²) in [7, 11) is 0. The minimum atomic E-state index is 0.816. The highest BCUT2D eigenvalue weighted by atomic mass is 15.3. The van der Waals surface area contributed by atoms with Crippen LogP contribution in [0, 0.1) is 17.8 Å². The number of hydrogen-bond donors (Lipinski definition) is 0. The maximum absolute atomic E-state index is 2.72. The molecular weight excluding hydrogens is 244 g/mol. The summed E-state index contributed by atoms with van der Waals surface area (Å²) >= 11 is 0.